The van der Waals surface area contributed by atoms with Gasteiger partial charge in [-0.05, 0) is 30.7 Å². The van der Waals surface area contributed by atoms with Crippen molar-refractivity contribution < 1.29 is 23.1 Å². The Bertz CT molecular complexity index is 1440. The lowest BCUT2D eigenvalue weighted by Gasteiger charge is -2.25. The van der Waals surface area contributed by atoms with Crippen LogP contribution in [0.1, 0.15) is 18.5 Å². The molecule has 0 saturated heterocycles. The first-order valence-corrected chi connectivity index (χ1v) is 11.7. The lowest BCUT2D eigenvalue weighted by molar-refractivity contribution is -0.134. The predicted molar refractivity (Wildman–Crippen MR) is 124 cm³/mol. The smallest absolute Gasteiger partial charge is 0.319 e. The van der Waals surface area contributed by atoms with E-state index in [1.165, 1.54) is 17.0 Å². The van der Waals surface area contributed by atoms with Crippen molar-refractivity contribution in [1.82, 2.24) is 14.8 Å². The Labute approximate surface area is 190 Å². The second-order valence-corrected chi connectivity index (χ2v) is 9.66. The monoisotopic (exact) mass is 466 g/mol. The standard InChI is InChI=1S/C23H22N4O5S/c1-15(16-6-8-18(9-7-16)33(31,32)13-22(29)30)27(14-28)21-12-20(25-26(21)2)19-5-3-4-17-10-11-24-23(17)19/h3-12,14-15,24H,13H2,1-2H3,(H,29,30)/t15-/m1/s1. The largest absolute Gasteiger partial charge is 0.480 e. The van der Waals surface area contributed by atoms with Crippen LogP contribution in [-0.2, 0) is 26.5 Å². The summed E-state index contributed by atoms with van der Waals surface area (Å²) in [5.41, 5.74) is 3.25. The van der Waals surface area contributed by atoms with Gasteiger partial charge in [0.15, 0.2) is 15.6 Å². The third-order valence-electron chi connectivity index (χ3n) is 5.55. The second-order valence-electron chi connectivity index (χ2n) is 7.67. The van der Waals surface area contributed by atoms with Crippen LogP contribution in [0.4, 0.5) is 5.82 Å². The van der Waals surface area contributed by atoms with Gasteiger partial charge in [-0.1, -0.05) is 30.3 Å². The van der Waals surface area contributed by atoms with E-state index in [9.17, 15) is 18.0 Å². The van der Waals surface area contributed by atoms with Gasteiger partial charge in [-0.3, -0.25) is 19.2 Å². The highest BCUT2D eigenvalue weighted by atomic mass is 32.2. The summed E-state index contributed by atoms with van der Waals surface area (Å²) in [4.78, 5) is 27.5. The number of para-hydroxylation sites is 1. The first kappa shape index (κ1) is 22.3. The topological polar surface area (TPSA) is 125 Å². The molecule has 4 aromatic rings. The summed E-state index contributed by atoms with van der Waals surface area (Å²) in [6.45, 7) is 1.81. The van der Waals surface area contributed by atoms with Gasteiger partial charge >= 0.3 is 5.97 Å². The maximum absolute atomic E-state index is 12.1. The molecule has 0 bridgehead atoms. The molecular formula is C23H22N4O5S. The van der Waals surface area contributed by atoms with E-state index in [0.29, 0.717) is 23.5 Å². The van der Waals surface area contributed by atoms with Crippen molar-refractivity contribution in [3.8, 4) is 11.3 Å². The van der Waals surface area contributed by atoms with Crippen LogP contribution in [0.5, 0.6) is 0 Å². The number of amides is 1. The van der Waals surface area contributed by atoms with Crippen LogP contribution in [0.15, 0.2) is 65.7 Å². The molecule has 2 aromatic carbocycles. The number of aromatic amines is 1. The minimum absolute atomic E-state index is 0.0830. The average Bonchev–Trinajstić information content (AvgIpc) is 3.40. The van der Waals surface area contributed by atoms with Crippen molar-refractivity contribution >= 4 is 38.9 Å². The highest BCUT2D eigenvalue weighted by Gasteiger charge is 2.23. The number of nitrogens with zero attached hydrogens (tertiary/aromatic N) is 3. The number of fused-ring (bicyclic) bond motifs is 1. The third kappa shape index (κ3) is 4.24. The Morgan fingerprint density at radius 1 is 1.21 bits per heavy atom. The molecular weight excluding hydrogens is 444 g/mol. The first-order chi connectivity index (χ1) is 15.7. The number of H-pyrrole nitrogens is 1. The molecule has 0 unspecified atom stereocenters. The van der Waals surface area contributed by atoms with Crippen molar-refractivity contribution in [2.75, 3.05) is 10.7 Å². The fraction of sp³-hybridized carbons (Fsp3) is 0.174. The van der Waals surface area contributed by atoms with E-state index in [-0.39, 0.29) is 4.90 Å². The fourth-order valence-electron chi connectivity index (χ4n) is 3.83. The van der Waals surface area contributed by atoms with Crippen LogP contribution >= 0.6 is 0 Å². The third-order valence-corrected chi connectivity index (χ3v) is 7.17. The van der Waals surface area contributed by atoms with Gasteiger partial charge in [-0.15, -0.1) is 0 Å². The van der Waals surface area contributed by atoms with E-state index in [1.54, 1.807) is 23.9 Å². The Morgan fingerprint density at radius 2 is 1.94 bits per heavy atom. The predicted octanol–water partition coefficient (Wildman–Crippen LogP) is 3.15. The van der Waals surface area contributed by atoms with Crippen molar-refractivity contribution in [1.29, 1.82) is 0 Å². The molecule has 170 valence electrons. The summed E-state index contributed by atoms with van der Waals surface area (Å²) in [5, 5.41) is 14.5. The van der Waals surface area contributed by atoms with Gasteiger partial charge in [-0.25, -0.2) is 8.42 Å². The van der Waals surface area contributed by atoms with Gasteiger partial charge in [0, 0.05) is 30.3 Å². The normalized spacial score (nSPS) is 12.5. The summed E-state index contributed by atoms with van der Waals surface area (Å²) in [5.74, 6) is -1.83. The Balaban J connectivity index is 1.65. The molecule has 2 N–H and O–H groups in total. The minimum atomic E-state index is -3.93. The van der Waals surface area contributed by atoms with E-state index >= 15 is 0 Å². The molecule has 0 aliphatic rings. The number of carbonyl (C=O) groups excluding carboxylic acids is 1. The summed E-state index contributed by atoms with van der Waals surface area (Å²) >= 11 is 0. The van der Waals surface area contributed by atoms with Crippen LogP contribution in [0.2, 0.25) is 0 Å². The molecule has 9 nitrogen and oxygen atoms in total. The number of carbonyl (C=O) groups is 2. The molecule has 2 aromatic heterocycles. The van der Waals surface area contributed by atoms with Crippen LogP contribution in [0, 0.1) is 0 Å². The van der Waals surface area contributed by atoms with Crippen LogP contribution < -0.4 is 4.90 Å². The van der Waals surface area contributed by atoms with Crippen LogP contribution in [-0.4, -0.2) is 46.4 Å². The molecule has 10 heteroatoms. The number of anilines is 1. The molecule has 4 rings (SSSR count). The number of aromatic nitrogens is 3. The van der Waals surface area contributed by atoms with Crippen LogP contribution in [0.25, 0.3) is 22.2 Å². The maximum Gasteiger partial charge on any atom is 0.319 e. The van der Waals surface area contributed by atoms with E-state index in [0.717, 1.165) is 16.5 Å². The number of aryl methyl sites for hydroxylation is 1. The van der Waals surface area contributed by atoms with Gasteiger partial charge in [0.1, 0.15) is 5.82 Å². The summed E-state index contributed by atoms with van der Waals surface area (Å²) in [7, 11) is -2.18. The lowest BCUT2D eigenvalue weighted by atomic mass is 10.1. The zero-order chi connectivity index (χ0) is 23.8. The Kier molecular flexibility index (Phi) is 5.77. The molecule has 0 fully saturated rings. The van der Waals surface area contributed by atoms with Gasteiger partial charge in [0.25, 0.3) is 0 Å². The number of carboxylic acids is 1. The number of rotatable bonds is 8. The summed E-state index contributed by atoms with van der Waals surface area (Å²) in [6, 6.07) is 15.1. The van der Waals surface area contributed by atoms with Gasteiger partial charge in [0.2, 0.25) is 6.41 Å². The number of aliphatic carboxylic acids is 1. The van der Waals surface area contributed by atoms with Crippen molar-refractivity contribution in [3.63, 3.8) is 0 Å². The molecule has 1 atom stereocenters. The zero-order valence-corrected chi connectivity index (χ0v) is 18.8. The number of hydrogen-bond acceptors (Lipinski definition) is 5. The maximum atomic E-state index is 12.1. The minimum Gasteiger partial charge on any atom is -0.480 e. The number of benzene rings is 2. The number of nitrogens with one attached hydrogen (secondary N) is 1. The number of sulfone groups is 1. The van der Waals surface area contributed by atoms with Crippen molar-refractivity contribution in [2.45, 2.75) is 17.9 Å². The van der Waals surface area contributed by atoms with Gasteiger partial charge in [-0.2, -0.15) is 5.10 Å². The molecule has 0 saturated carbocycles. The Morgan fingerprint density at radius 3 is 2.61 bits per heavy atom. The van der Waals surface area contributed by atoms with Gasteiger partial charge < -0.3 is 10.1 Å². The molecule has 1 amide bonds. The van der Waals surface area contributed by atoms with E-state index in [2.05, 4.69) is 10.1 Å². The number of carboxylic acid groups (broad SMARTS) is 1. The highest BCUT2D eigenvalue weighted by Crippen LogP contribution is 2.32. The SMILES string of the molecule is C[C@H](c1ccc(S(=O)(=O)CC(=O)O)cc1)N(C=O)c1cc(-c2cccc3cc[nH]c23)nn1C. The summed E-state index contributed by atoms with van der Waals surface area (Å²) < 4.78 is 25.9. The van der Waals surface area contributed by atoms with Crippen molar-refractivity contribution in [2.24, 2.45) is 7.05 Å². The lowest BCUT2D eigenvalue weighted by Crippen LogP contribution is -2.27. The Hall–Kier alpha value is -3.92. The first-order valence-electron chi connectivity index (χ1n) is 10.1. The average molecular weight is 467 g/mol. The second kappa shape index (κ2) is 8.55. The van der Waals surface area contributed by atoms with Crippen molar-refractivity contribution in [3.05, 3.63) is 66.4 Å². The van der Waals surface area contributed by atoms with E-state index in [1.807, 2.05) is 43.5 Å². The van der Waals surface area contributed by atoms with Crippen LogP contribution in [0.3, 0.4) is 0 Å². The van der Waals surface area contributed by atoms with E-state index in [4.69, 9.17) is 5.11 Å². The molecule has 0 aliphatic heterocycles. The van der Waals surface area contributed by atoms with E-state index < -0.39 is 27.6 Å². The van der Waals surface area contributed by atoms with Gasteiger partial charge in [0.05, 0.1) is 22.1 Å². The zero-order valence-electron chi connectivity index (χ0n) is 18.0. The molecule has 0 spiro atoms. The number of hydrogen-bond donors (Lipinski definition) is 2. The molecule has 0 radical (unpaired) electrons. The molecule has 33 heavy (non-hydrogen) atoms. The molecule has 0 aliphatic carbocycles. The fourth-order valence-corrected chi connectivity index (χ4v) is 4.88. The highest BCUT2D eigenvalue weighted by molar-refractivity contribution is 7.92. The quantitative estimate of drug-likeness (QED) is 0.384. The molecule has 2 heterocycles. The summed E-state index contributed by atoms with van der Waals surface area (Å²) in [6.07, 6.45) is 2.56.